The Kier molecular flexibility index (Phi) is 6.78. The summed E-state index contributed by atoms with van der Waals surface area (Å²) < 4.78 is 7.29. The molecule has 0 aliphatic carbocycles. The summed E-state index contributed by atoms with van der Waals surface area (Å²) in [6.45, 7) is 2.12. The number of furan rings is 1. The Morgan fingerprint density at radius 1 is 1.31 bits per heavy atom. The van der Waals surface area contributed by atoms with Crippen molar-refractivity contribution in [2.24, 2.45) is 0 Å². The van der Waals surface area contributed by atoms with Crippen molar-refractivity contribution in [2.45, 2.75) is 75.0 Å². The van der Waals surface area contributed by atoms with Gasteiger partial charge in [-0.05, 0) is 12.5 Å². The van der Waals surface area contributed by atoms with Gasteiger partial charge in [0.2, 0.25) is 5.71 Å². The van der Waals surface area contributed by atoms with E-state index in [-0.39, 0.29) is 22.9 Å². The Morgan fingerprint density at radius 3 is 2.81 bits per heavy atom. The lowest BCUT2D eigenvalue weighted by molar-refractivity contribution is 0.137. The van der Waals surface area contributed by atoms with E-state index in [2.05, 4.69) is 11.9 Å². The molecule has 1 aliphatic rings. The second-order valence-corrected chi connectivity index (χ2v) is 8.46. The van der Waals surface area contributed by atoms with E-state index in [0.29, 0.717) is 12.1 Å². The Bertz CT molecular complexity index is 772. The van der Waals surface area contributed by atoms with Crippen LogP contribution in [0.5, 0.6) is 0 Å². The van der Waals surface area contributed by atoms with Crippen LogP contribution in [0.3, 0.4) is 0 Å². The van der Waals surface area contributed by atoms with E-state index < -0.39 is 6.10 Å². The van der Waals surface area contributed by atoms with Crippen molar-refractivity contribution in [1.29, 1.82) is 0 Å². The van der Waals surface area contributed by atoms with Gasteiger partial charge >= 0.3 is 5.69 Å². The number of aryl methyl sites for hydroxylation is 1. The molecule has 0 amide bonds. The predicted octanol–water partition coefficient (Wildman–Crippen LogP) is 3.25. The number of fused-ring (bicyclic) bond motifs is 1. The summed E-state index contributed by atoms with van der Waals surface area (Å²) in [6, 6.07) is 1.96. The van der Waals surface area contributed by atoms with E-state index in [0.717, 1.165) is 24.0 Å². The normalized spacial score (nSPS) is 23.1. The van der Waals surface area contributed by atoms with Crippen LogP contribution in [0.15, 0.2) is 21.5 Å². The van der Waals surface area contributed by atoms with Crippen molar-refractivity contribution < 1.29 is 14.6 Å². The van der Waals surface area contributed by atoms with Gasteiger partial charge in [0.05, 0.1) is 28.7 Å². The molecule has 2 N–H and O–H groups in total. The lowest BCUT2D eigenvalue weighted by Crippen LogP contribution is -2.24. The molecule has 2 aromatic heterocycles. The van der Waals surface area contributed by atoms with Gasteiger partial charge < -0.3 is 14.6 Å². The van der Waals surface area contributed by atoms with Gasteiger partial charge in [0, 0.05) is 19.0 Å². The first kappa shape index (κ1) is 19.5. The molecule has 6 nitrogen and oxygen atoms in total. The minimum atomic E-state index is -0.606. The number of thioether (sulfide) groups is 1. The molecule has 3 heterocycles. The van der Waals surface area contributed by atoms with Gasteiger partial charge in [0.1, 0.15) is 5.76 Å². The van der Waals surface area contributed by atoms with Crippen molar-refractivity contribution in [2.75, 3.05) is 6.61 Å². The number of unbranched alkanes of at least 4 members (excludes halogenated alkanes) is 5. The molecule has 0 spiro atoms. The third-order valence-electron chi connectivity index (χ3n) is 4.96. The zero-order chi connectivity index (χ0) is 18.5. The first-order valence-electron chi connectivity index (χ1n) is 9.58. The van der Waals surface area contributed by atoms with Gasteiger partial charge in [-0.3, -0.25) is 4.57 Å². The number of aromatic nitrogens is 2. The Balaban J connectivity index is 1.66. The van der Waals surface area contributed by atoms with Gasteiger partial charge in [-0.25, -0.2) is 4.79 Å². The van der Waals surface area contributed by atoms with Crippen LogP contribution >= 0.6 is 11.8 Å². The van der Waals surface area contributed by atoms with E-state index in [1.807, 2.05) is 6.07 Å². The van der Waals surface area contributed by atoms with Gasteiger partial charge in [-0.2, -0.15) is 4.98 Å². The third-order valence-corrected chi connectivity index (χ3v) is 6.51. The van der Waals surface area contributed by atoms with Crippen molar-refractivity contribution in [3.05, 3.63) is 28.5 Å². The fraction of sp³-hybridized carbons (Fsp3) is 0.684. The fourth-order valence-corrected chi connectivity index (χ4v) is 4.81. The average Bonchev–Trinajstić information content (AvgIpc) is 3.19. The van der Waals surface area contributed by atoms with E-state index in [1.54, 1.807) is 10.8 Å². The maximum atomic E-state index is 12.3. The Morgan fingerprint density at radius 2 is 2.08 bits per heavy atom. The number of rotatable bonds is 9. The molecular formula is C19H28N2O4S. The van der Waals surface area contributed by atoms with Crippen molar-refractivity contribution in [3.63, 3.8) is 0 Å². The molecule has 3 rings (SSSR count). The summed E-state index contributed by atoms with van der Waals surface area (Å²) in [7, 11) is 0. The molecule has 1 saturated heterocycles. The first-order valence-corrected chi connectivity index (χ1v) is 10.5. The molecule has 0 radical (unpaired) electrons. The van der Waals surface area contributed by atoms with Crippen LogP contribution in [-0.4, -0.2) is 37.7 Å². The Hall–Kier alpha value is -1.31. The summed E-state index contributed by atoms with van der Waals surface area (Å²) in [6.07, 6.45) is 9.82. The van der Waals surface area contributed by atoms with E-state index in [9.17, 15) is 15.0 Å². The molecule has 1 fully saturated rings. The molecule has 0 unspecified atom stereocenters. The van der Waals surface area contributed by atoms with E-state index in [4.69, 9.17) is 4.42 Å². The molecule has 2 aromatic rings. The van der Waals surface area contributed by atoms with Crippen molar-refractivity contribution in [1.82, 2.24) is 9.55 Å². The molecular weight excluding hydrogens is 352 g/mol. The summed E-state index contributed by atoms with van der Waals surface area (Å²) in [5.41, 5.74) is 0.00995. The monoisotopic (exact) mass is 380 g/mol. The maximum Gasteiger partial charge on any atom is 0.351 e. The highest BCUT2D eigenvalue weighted by atomic mass is 32.2. The van der Waals surface area contributed by atoms with Crippen LogP contribution in [-0.2, 0) is 6.42 Å². The number of hydrogen-bond acceptors (Lipinski definition) is 6. The van der Waals surface area contributed by atoms with Gasteiger partial charge in [-0.15, -0.1) is 11.8 Å². The SMILES string of the molecule is CCCCCCCCc1cc2cn([C@H]3C[C@H](O)[C@@H](CO)S3)c(=O)nc2o1. The standard InChI is InChI=1S/C19H28N2O4S/c1-2-3-4-5-6-7-8-14-9-13-11-21(19(24)20-18(13)25-14)17-10-15(23)16(12-22)26-17/h9,11,15-17,22-23H,2-8,10,12H2,1H3/t15-,16+,17+/m0/s1. The third kappa shape index (κ3) is 4.50. The summed E-state index contributed by atoms with van der Waals surface area (Å²) in [5.74, 6) is 0.868. The van der Waals surface area contributed by atoms with E-state index >= 15 is 0 Å². The van der Waals surface area contributed by atoms with Crippen molar-refractivity contribution in [3.8, 4) is 0 Å². The fourth-order valence-electron chi connectivity index (χ4n) is 3.44. The second-order valence-electron chi connectivity index (χ2n) is 7.04. The molecule has 7 heteroatoms. The highest BCUT2D eigenvalue weighted by Crippen LogP contribution is 2.40. The zero-order valence-electron chi connectivity index (χ0n) is 15.3. The topological polar surface area (TPSA) is 88.5 Å². The molecule has 0 saturated carbocycles. The largest absolute Gasteiger partial charge is 0.443 e. The zero-order valence-corrected chi connectivity index (χ0v) is 16.1. The second kappa shape index (κ2) is 9.06. The number of aliphatic hydroxyl groups is 2. The predicted molar refractivity (Wildman–Crippen MR) is 103 cm³/mol. The highest BCUT2D eigenvalue weighted by molar-refractivity contribution is 8.00. The summed E-state index contributed by atoms with van der Waals surface area (Å²) >= 11 is 1.42. The van der Waals surface area contributed by atoms with Gasteiger partial charge in [0.25, 0.3) is 0 Å². The van der Waals surface area contributed by atoms with Crippen LogP contribution in [0.25, 0.3) is 11.1 Å². The van der Waals surface area contributed by atoms with Crippen LogP contribution in [0, 0.1) is 0 Å². The van der Waals surface area contributed by atoms with Crippen LogP contribution in [0.1, 0.15) is 63.0 Å². The quantitative estimate of drug-likeness (QED) is 0.649. The average molecular weight is 381 g/mol. The molecule has 0 aromatic carbocycles. The van der Waals surface area contributed by atoms with Crippen LogP contribution < -0.4 is 5.69 Å². The van der Waals surface area contributed by atoms with Crippen molar-refractivity contribution >= 4 is 22.9 Å². The van der Waals surface area contributed by atoms with Gasteiger partial charge in [0.15, 0.2) is 0 Å². The smallest absolute Gasteiger partial charge is 0.351 e. The van der Waals surface area contributed by atoms with Gasteiger partial charge in [-0.1, -0.05) is 39.0 Å². The minimum Gasteiger partial charge on any atom is -0.443 e. The maximum absolute atomic E-state index is 12.3. The number of hydrogen-bond donors (Lipinski definition) is 2. The number of nitrogens with zero attached hydrogens (tertiary/aromatic N) is 2. The molecule has 3 atom stereocenters. The molecule has 1 aliphatic heterocycles. The minimum absolute atomic E-state index is 0.0964. The lowest BCUT2D eigenvalue weighted by Gasteiger charge is -2.12. The van der Waals surface area contributed by atoms with E-state index in [1.165, 1.54) is 43.9 Å². The lowest BCUT2D eigenvalue weighted by atomic mass is 10.1. The van der Waals surface area contributed by atoms with Crippen LogP contribution in [0.2, 0.25) is 0 Å². The molecule has 26 heavy (non-hydrogen) atoms. The molecule has 144 valence electrons. The first-order chi connectivity index (χ1) is 12.6. The molecule has 0 bridgehead atoms. The highest BCUT2D eigenvalue weighted by Gasteiger charge is 2.35. The summed E-state index contributed by atoms with van der Waals surface area (Å²) in [4.78, 5) is 16.4. The number of aliphatic hydroxyl groups excluding tert-OH is 2. The van der Waals surface area contributed by atoms with Crippen LogP contribution in [0.4, 0.5) is 0 Å². The Labute approximate surface area is 157 Å². The summed E-state index contributed by atoms with van der Waals surface area (Å²) in [5, 5.41) is 19.6.